The average molecular weight is 257 g/mol. The van der Waals surface area contributed by atoms with Gasteiger partial charge in [-0.15, -0.1) is 0 Å². The van der Waals surface area contributed by atoms with Gasteiger partial charge in [0.25, 0.3) is 0 Å². The highest BCUT2D eigenvalue weighted by Crippen LogP contribution is 2.34. The molecule has 19 heavy (non-hydrogen) atoms. The minimum absolute atomic E-state index is 0.0141. The van der Waals surface area contributed by atoms with Gasteiger partial charge in [-0.3, -0.25) is 9.20 Å². The van der Waals surface area contributed by atoms with E-state index < -0.39 is 0 Å². The van der Waals surface area contributed by atoms with Gasteiger partial charge in [-0.25, -0.2) is 0 Å². The highest BCUT2D eigenvalue weighted by atomic mass is 16.3. The summed E-state index contributed by atoms with van der Waals surface area (Å²) in [6.07, 6.45) is 1.58. The number of anilines is 1. The first-order valence-electron chi connectivity index (χ1n) is 5.94. The summed E-state index contributed by atoms with van der Waals surface area (Å²) in [6, 6.07) is 1.49. The van der Waals surface area contributed by atoms with Gasteiger partial charge < -0.3 is 20.1 Å². The number of nitrogens with one attached hydrogen (secondary N) is 1. The standard InChI is InChI=1S/C13H11N3O3/c1-6-9(15-4-5-15)12(19)8-10(11(6)18)16-3-2-7(17)13(16)14-8/h2-3,14,17,19H,1,4-5H2. The van der Waals surface area contributed by atoms with Crippen molar-refractivity contribution < 1.29 is 10.2 Å². The van der Waals surface area contributed by atoms with E-state index in [0.717, 1.165) is 13.1 Å². The summed E-state index contributed by atoms with van der Waals surface area (Å²) >= 11 is 0. The fourth-order valence-corrected chi connectivity index (χ4v) is 2.55. The van der Waals surface area contributed by atoms with Gasteiger partial charge >= 0.3 is 0 Å². The average Bonchev–Trinajstić information content (AvgIpc) is 3.03. The Morgan fingerprint density at radius 1 is 1.32 bits per heavy atom. The normalized spacial score (nSPS) is 14.6. The molecule has 0 radical (unpaired) electrons. The number of aromatic hydroxyl groups is 2. The molecule has 1 saturated heterocycles. The van der Waals surface area contributed by atoms with E-state index >= 15 is 0 Å². The van der Waals surface area contributed by atoms with Crippen molar-refractivity contribution in [2.45, 2.75) is 0 Å². The van der Waals surface area contributed by atoms with Crippen LogP contribution in [0.3, 0.4) is 0 Å². The summed E-state index contributed by atoms with van der Waals surface area (Å²) in [5.74, 6) is 0.0501. The maximum Gasteiger partial charge on any atom is 0.213 e. The topological polar surface area (TPSA) is 80.7 Å². The van der Waals surface area contributed by atoms with E-state index in [2.05, 4.69) is 11.6 Å². The monoisotopic (exact) mass is 257 g/mol. The maximum atomic E-state index is 12.4. The SMILES string of the molecule is C=c1c(N2CC2)c(O)c2[nH]c3c(O)ccn3c2c1=O. The van der Waals surface area contributed by atoms with E-state index in [1.807, 2.05) is 4.90 Å². The first-order chi connectivity index (χ1) is 9.09. The molecule has 3 N–H and O–H groups in total. The Morgan fingerprint density at radius 2 is 2.05 bits per heavy atom. The van der Waals surface area contributed by atoms with E-state index in [9.17, 15) is 15.0 Å². The van der Waals surface area contributed by atoms with Gasteiger partial charge in [-0.05, 0) is 0 Å². The summed E-state index contributed by atoms with van der Waals surface area (Å²) in [4.78, 5) is 17.2. The lowest BCUT2D eigenvalue weighted by Crippen LogP contribution is -2.27. The molecule has 96 valence electrons. The van der Waals surface area contributed by atoms with E-state index in [4.69, 9.17) is 0 Å². The minimum Gasteiger partial charge on any atom is -0.504 e. The number of phenols is 1. The van der Waals surface area contributed by atoms with E-state index in [-0.39, 0.29) is 22.1 Å². The molecule has 0 unspecified atom stereocenters. The second-order valence-corrected chi connectivity index (χ2v) is 4.76. The number of hydrogen-bond acceptors (Lipinski definition) is 4. The number of fused-ring (bicyclic) bond motifs is 3. The fourth-order valence-electron chi connectivity index (χ4n) is 2.55. The van der Waals surface area contributed by atoms with Crippen LogP contribution in [0.4, 0.5) is 5.69 Å². The molecule has 6 heteroatoms. The number of nitrogens with zero attached hydrogens (tertiary/aromatic N) is 2. The van der Waals surface area contributed by atoms with Crippen LogP contribution in [0.1, 0.15) is 0 Å². The highest BCUT2D eigenvalue weighted by Gasteiger charge is 2.27. The summed E-state index contributed by atoms with van der Waals surface area (Å²) in [5.41, 5.74) is 1.29. The summed E-state index contributed by atoms with van der Waals surface area (Å²) in [6.45, 7) is 5.40. The predicted octanol–water partition coefficient (Wildman–Crippen LogP) is 0.141. The Kier molecular flexibility index (Phi) is 1.64. The lowest BCUT2D eigenvalue weighted by molar-refractivity contribution is 0.479. The van der Waals surface area contributed by atoms with Crippen LogP contribution in [-0.4, -0.2) is 32.7 Å². The van der Waals surface area contributed by atoms with Crippen molar-refractivity contribution >= 4 is 28.9 Å². The third-order valence-corrected chi connectivity index (χ3v) is 3.59. The molecule has 0 atom stereocenters. The Hall–Kier alpha value is -2.63. The number of benzene rings is 1. The van der Waals surface area contributed by atoms with Crippen molar-refractivity contribution in [1.82, 2.24) is 9.38 Å². The molecule has 1 aromatic carbocycles. The third-order valence-electron chi connectivity index (χ3n) is 3.59. The zero-order chi connectivity index (χ0) is 13.3. The molecule has 1 fully saturated rings. The molecule has 0 aliphatic carbocycles. The number of aromatic amines is 1. The molecule has 1 aliphatic rings. The number of rotatable bonds is 1. The fraction of sp³-hybridized carbons (Fsp3) is 0.154. The Morgan fingerprint density at radius 3 is 2.74 bits per heavy atom. The molecule has 0 saturated carbocycles. The van der Waals surface area contributed by atoms with E-state index in [1.54, 1.807) is 6.20 Å². The molecule has 0 amide bonds. The number of H-pyrrole nitrogens is 1. The van der Waals surface area contributed by atoms with Crippen molar-refractivity contribution in [3.8, 4) is 11.5 Å². The smallest absolute Gasteiger partial charge is 0.213 e. The van der Waals surface area contributed by atoms with Crippen LogP contribution in [0.15, 0.2) is 17.1 Å². The minimum atomic E-state index is -0.239. The molecular weight excluding hydrogens is 246 g/mol. The van der Waals surface area contributed by atoms with Crippen molar-refractivity contribution in [3.63, 3.8) is 0 Å². The molecule has 6 nitrogen and oxygen atoms in total. The zero-order valence-electron chi connectivity index (χ0n) is 9.97. The van der Waals surface area contributed by atoms with Gasteiger partial charge in [0.1, 0.15) is 11.0 Å². The highest BCUT2D eigenvalue weighted by molar-refractivity contribution is 5.92. The van der Waals surface area contributed by atoms with Crippen molar-refractivity contribution in [3.05, 3.63) is 27.7 Å². The van der Waals surface area contributed by atoms with Crippen LogP contribution in [0, 0.1) is 0 Å². The molecule has 2 aromatic heterocycles. The maximum absolute atomic E-state index is 12.4. The van der Waals surface area contributed by atoms with Gasteiger partial charge in [0.15, 0.2) is 17.1 Å². The van der Waals surface area contributed by atoms with Gasteiger partial charge in [0.05, 0.1) is 5.69 Å². The number of hydrogen-bond donors (Lipinski definition) is 3. The van der Waals surface area contributed by atoms with Crippen molar-refractivity contribution in [2.24, 2.45) is 0 Å². The van der Waals surface area contributed by atoms with Gasteiger partial charge in [0.2, 0.25) is 5.43 Å². The van der Waals surface area contributed by atoms with Crippen LogP contribution in [0.25, 0.3) is 23.3 Å². The molecular formula is C13H11N3O3. The van der Waals surface area contributed by atoms with Gasteiger partial charge in [0, 0.05) is 30.6 Å². The predicted molar refractivity (Wildman–Crippen MR) is 71.8 cm³/mol. The molecule has 1 aliphatic heterocycles. The quantitative estimate of drug-likeness (QED) is 0.542. The zero-order valence-corrected chi connectivity index (χ0v) is 9.97. The molecule has 3 heterocycles. The van der Waals surface area contributed by atoms with Crippen molar-refractivity contribution in [1.29, 1.82) is 0 Å². The Labute approximate surface area is 106 Å². The van der Waals surface area contributed by atoms with Crippen LogP contribution in [-0.2, 0) is 0 Å². The molecule has 0 spiro atoms. The van der Waals surface area contributed by atoms with Crippen molar-refractivity contribution in [2.75, 3.05) is 18.0 Å². The summed E-state index contributed by atoms with van der Waals surface area (Å²) in [5, 5.41) is 20.3. The number of phenolic OH excluding ortho intramolecular Hbond substituents is 1. The lowest BCUT2D eigenvalue weighted by atomic mass is 10.2. The van der Waals surface area contributed by atoms with E-state index in [1.165, 1.54) is 10.5 Å². The Balaban J connectivity index is 2.29. The molecule has 3 aromatic rings. The van der Waals surface area contributed by atoms with E-state index in [0.29, 0.717) is 22.4 Å². The molecule has 4 rings (SSSR count). The Bertz CT molecular complexity index is 934. The first-order valence-corrected chi connectivity index (χ1v) is 5.94. The first kappa shape index (κ1) is 10.3. The van der Waals surface area contributed by atoms with Crippen LogP contribution >= 0.6 is 0 Å². The largest absolute Gasteiger partial charge is 0.504 e. The van der Waals surface area contributed by atoms with Crippen LogP contribution in [0.2, 0.25) is 0 Å². The summed E-state index contributed by atoms with van der Waals surface area (Å²) < 4.78 is 1.54. The number of imidazole rings is 1. The summed E-state index contributed by atoms with van der Waals surface area (Å²) in [7, 11) is 0. The van der Waals surface area contributed by atoms with Gasteiger partial charge in [-0.1, -0.05) is 6.58 Å². The number of aromatic nitrogens is 2. The van der Waals surface area contributed by atoms with Crippen LogP contribution < -0.4 is 15.5 Å². The third kappa shape index (κ3) is 1.13. The second-order valence-electron chi connectivity index (χ2n) is 4.76. The van der Waals surface area contributed by atoms with Gasteiger partial charge in [-0.2, -0.15) is 0 Å². The van der Waals surface area contributed by atoms with Crippen LogP contribution in [0.5, 0.6) is 11.5 Å². The lowest BCUT2D eigenvalue weighted by Gasteiger charge is -2.06. The second kappa shape index (κ2) is 3.03. The molecule has 0 bridgehead atoms.